The Morgan fingerprint density at radius 1 is 1.15 bits per heavy atom. The van der Waals surface area contributed by atoms with Crippen LogP contribution in [0.15, 0.2) is 36.4 Å². The van der Waals surface area contributed by atoms with Crippen LogP contribution in [-0.4, -0.2) is 56.7 Å². The van der Waals surface area contributed by atoms with Crippen LogP contribution >= 0.6 is 0 Å². The van der Waals surface area contributed by atoms with Crippen molar-refractivity contribution in [2.24, 2.45) is 5.73 Å². The first-order chi connectivity index (χ1) is 16.1. The summed E-state index contributed by atoms with van der Waals surface area (Å²) in [5, 5.41) is 11.7. The number of alkyl halides is 3. The van der Waals surface area contributed by atoms with Gasteiger partial charge in [0, 0.05) is 31.4 Å². The number of anilines is 2. The van der Waals surface area contributed by atoms with E-state index in [0.29, 0.717) is 17.2 Å². The van der Waals surface area contributed by atoms with E-state index in [1.54, 1.807) is 18.2 Å². The lowest BCUT2D eigenvalue weighted by atomic mass is 10.0. The van der Waals surface area contributed by atoms with Gasteiger partial charge in [0.1, 0.15) is 17.5 Å². The second-order valence-electron chi connectivity index (χ2n) is 7.39. The summed E-state index contributed by atoms with van der Waals surface area (Å²) < 4.78 is 50.5. The number of halogens is 3. The number of nitrogens with one attached hydrogen (secondary N) is 1. The summed E-state index contributed by atoms with van der Waals surface area (Å²) in [4.78, 5) is 27.9. The number of piperazine rings is 1. The Kier molecular flexibility index (Phi) is 7.05. The van der Waals surface area contributed by atoms with E-state index in [9.17, 15) is 22.8 Å². The van der Waals surface area contributed by atoms with Crippen molar-refractivity contribution in [3.05, 3.63) is 47.5 Å². The molecule has 0 aromatic heterocycles. The zero-order chi connectivity index (χ0) is 25.0. The summed E-state index contributed by atoms with van der Waals surface area (Å²) in [7, 11) is 2.89. The molecule has 3 amide bonds. The number of methoxy groups -OCH3 is 2. The molecule has 0 bridgehead atoms. The van der Waals surface area contributed by atoms with Crippen molar-refractivity contribution in [3.8, 4) is 17.6 Å². The fraction of sp³-hybridized carbons (Fsp3) is 0.318. The molecule has 0 aliphatic carbocycles. The van der Waals surface area contributed by atoms with Gasteiger partial charge in [-0.2, -0.15) is 18.4 Å². The number of urea groups is 1. The van der Waals surface area contributed by atoms with Crippen LogP contribution in [0.5, 0.6) is 11.5 Å². The quantitative estimate of drug-likeness (QED) is 0.683. The minimum Gasteiger partial charge on any atom is -0.497 e. The predicted molar refractivity (Wildman–Crippen MR) is 117 cm³/mol. The third-order valence-electron chi connectivity index (χ3n) is 5.41. The lowest BCUT2D eigenvalue weighted by Crippen LogP contribution is -2.60. The topological polar surface area (TPSA) is 121 Å². The Morgan fingerprint density at radius 2 is 1.88 bits per heavy atom. The van der Waals surface area contributed by atoms with Gasteiger partial charge in [0.25, 0.3) is 0 Å². The standard InChI is InChI=1S/C22H22F3N5O4/c1-33-15-5-6-19(34-2)17(10-15)28-21(32)30-8-7-29(12-18(30)20(27)31)14-4-3-13(11-26)16(9-14)22(23,24)25/h3-6,9-10,18H,7-8,12H2,1-2H3,(H2,27,31)(H,28,32). The number of carbonyl (C=O) groups is 2. The predicted octanol–water partition coefficient (Wildman–Crippen LogP) is 2.80. The van der Waals surface area contributed by atoms with Crippen molar-refractivity contribution in [2.75, 3.05) is 44.1 Å². The van der Waals surface area contributed by atoms with E-state index in [4.69, 9.17) is 20.5 Å². The van der Waals surface area contributed by atoms with Crippen LogP contribution in [0.2, 0.25) is 0 Å². The smallest absolute Gasteiger partial charge is 0.417 e. The summed E-state index contributed by atoms with van der Waals surface area (Å²) in [5.74, 6) is 0.0106. The van der Waals surface area contributed by atoms with E-state index in [2.05, 4.69) is 5.32 Å². The molecule has 1 unspecified atom stereocenters. The van der Waals surface area contributed by atoms with Gasteiger partial charge in [0.2, 0.25) is 5.91 Å². The molecule has 1 aliphatic heterocycles. The number of benzene rings is 2. The molecule has 0 saturated carbocycles. The molecule has 1 atom stereocenters. The second-order valence-corrected chi connectivity index (χ2v) is 7.39. The highest BCUT2D eigenvalue weighted by molar-refractivity contribution is 5.95. The molecule has 0 spiro atoms. The number of primary amides is 1. The van der Waals surface area contributed by atoms with Gasteiger partial charge in [0.05, 0.1) is 37.1 Å². The minimum atomic E-state index is -4.72. The number of amides is 3. The van der Waals surface area contributed by atoms with Crippen LogP contribution in [-0.2, 0) is 11.0 Å². The van der Waals surface area contributed by atoms with Crippen molar-refractivity contribution < 1.29 is 32.2 Å². The lowest BCUT2D eigenvalue weighted by molar-refractivity contribution is -0.137. The van der Waals surface area contributed by atoms with Gasteiger partial charge < -0.3 is 30.3 Å². The Morgan fingerprint density at radius 3 is 2.47 bits per heavy atom. The fourth-order valence-electron chi connectivity index (χ4n) is 3.66. The van der Waals surface area contributed by atoms with E-state index >= 15 is 0 Å². The van der Waals surface area contributed by atoms with Crippen LogP contribution in [0.1, 0.15) is 11.1 Å². The maximum Gasteiger partial charge on any atom is 0.417 e. The number of hydrogen-bond acceptors (Lipinski definition) is 6. The Labute approximate surface area is 193 Å². The number of rotatable bonds is 5. The van der Waals surface area contributed by atoms with Gasteiger partial charge in [-0.3, -0.25) is 4.79 Å². The molecule has 1 fully saturated rings. The van der Waals surface area contributed by atoms with Gasteiger partial charge in [-0.25, -0.2) is 4.79 Å². The second kappa shape index (κ2) is 9.78. The van der Waals surface area contributed by atoms with Crippen molar-refractivity contribution in [2.45, 2.75) is 12.2 Å². The van der Waals surface area contributed by atoms with Crippen LogP contribution in [0.25, 0.3) is 0 Å². The Balaban J connectivity index is 1.83. The molecule has 180 valence electrons. The maximum absolute atomic E-state index is 13.4. The zero-order valence-electron chi connectivity index (χ0n) is 18.3. The minimum absolute atomic E-state index is 0.00702. The number of nitriles is 1. The van der Waals surface area contributed by atoms with Crippen molar-refractivity contribution >= 4 is 23.3 Å². The van der Waals surface area contributed by atoms with Gasteiger partial charge >= 0.3 is 12.2 Å². The monoisotopic (exact) mass is 477 g/mol. The third-order valence-corrected chi connectivity index (χ3v) is 5.41. The molecule has 1 heterocycles. The highest BCUT2D eigenvalue weighted by Gasteiger charge is 2.37. The summed E-state index contributed by atoms with van der Waals surface area (Å²) >= 11 is 0. The summed E-state index contributed by atoms with van der Waals surface area (Å²) in [6.07, 6.45) is -4.72. The molecule has 2 aromatic carbocycles. The van der Waals surface area contributed by atoms with Gasteiger partial charge in [-0.15, -0.1) is 0 Å². The van der Waals surface area contributed by atoms with E-state index in [0.717, 1.165) is 12.1 Å². The summed E-state index contributed by atoms with van der Waals surface area (Å²) in [5.41, 5.74) is 4.40. The molecular formula is C22H22F3N5O4. The highest BCUT2D eigenvalue weighted by Crippen LogP contribution is 2.35. The van der Waals surface area contributed by atoms with Crippen LogP contribution in [0.3, 0.4) is 0 Å². The molecule has 0 radical (unpaired) electrons. The largest absolute Gasteiger partial charge is 0.497 e. The Hall–Kier alpha value is -4.14. The van der Waals surface area contributed by atoms with E-state index in [1.807, 2.05) is 0 Å². The first-order valence-electron chi connectivity index (χ1n) is 10.0. The molecule has 9 nitrogen and oxygen atoms in total. The Bertz CT molecular complexity index is 1130. The highest BCUT2D eigenvalue weighted by atomic mass is 19.4. The molecule has 3 N–H and O–H groups in total. The first kappa shape index (κ1) is 24.5. The normalized spacial score (nSPS) is 15.9. The third kappa shape index (κ3) is 5.09. The van der Waals surface area contributed by atoms with Crippen LogP contribution in [0, 0.1) is 11.3 Å². The fourth-order valence-corrected chi connectivity index (χ4v) is 3.66. The number of hydrogen-bond donors (Lipinski definition) is 2. The summed E-state index contributed by atoms with van der Waals surface area (Å²) in [6, 6.07) is 7.86. The molecule has 34 heavy (non-hydrogen) atoms. The van der Waals surface area contributed by atoms with Crippen molar-refractivity contribution in [1.82, 2.24) is 4.90 Å². The SMILES string of the molecule is COc1ccc(OC)c(NC(=O)N2CCN(c3ccc(C#N)c(C(F)(F)F)c3)CC2C(N)=O)c1. The van der Waals surface area contributed by atoms with Crippen LogP contribution in [0.4, 0.5) is 29.3 Å². The van der Waals surface area contributed by atoms with E-state index in [-0.39, 0.29) is 25.3 Å². The lowest BCUT2D eigenvalue weighted by Gasteiger charge is -2.41. The van der Waals surface area contributed by atoms with Gasteiger partial charge in [0.15, 0.2) is 0 Å². The number of nitrogens with two attached hydrogens (primary N) is 1. The molecule has 12 heteroatoms. The average Bonchev–Trinajstić information content (AvgIpc) is 2.82. The van der Waals surface area contributed by atoms with Gasteiger partial charge in [-0.1, -0.05) is 0 Å². The molecule has 3 rings (SSSR count). The van der Waals surface area contributed by atoms with Crippen LogP contribution < -0.4 is 25.4 Å². The zero-order valence-corrected chi connectivity index (χ0v) is 18.3. The molecular weight excluding hydrogens is 455 g/mol. The molecule has 1 saturated heterocycles. The average molecular weight is 477 g/mol. The number of carbonyl (C=O) groups excluding carboxylic acids is 2. The number of ether oxygens (including phenoxy) is 2. The molecule has 1 aliphatic rings. The van der Waals surface area contributed by atoms with Crippen molar-refractivity contribution in [3.63, 3.8) is 0 Å². The maximum atomic E-state index is 13.4. The first-order valence-corrected chi connectivity index (χ1v) is 10.0. The van der Waals surface area contributed by atoms with Crippen molar-refractivity contribution in [1.29, 1.82) is 5.26 Å². The van der Waals surface area contributed by atoms with Gasteiger partial charge in [-0.05, 0) is 30.3 Å². The number of nitrogens with zero attached hydrogens (tertiary/aromatic N) is 3. The van der Waals surface area contributed by atoms with E-state index < -0.39 is 35.3 Å². The molecule has 2 aromatic rings. The van der Waals surface area contributed by atoms with E-state index in [1.165, 1.54) is 36.2 Å². The summed E-state index contributed by atoms with van der Waals surface area (Å²) in [6.45, 7) is 0.0178.